The molecule has 0 aromatic heterocycles. The highest BCUT2D eigenvalue weighted by Gasteiger charge is 2.18. The first-order valence-electron chi connectivity index (χ1n) is 5.95. The zero-order valence-corrected chi connectivity index (χ0v) is 13.6. The van der Waals surface area contributed by atoms with Crippen molar-refractivity contribution >= 4 is 26.0 Å². The molecule has 0 spiro atoms. The summed E-state index contributed by atoms with van der Waals surface area (Å²) in [6.45, 7) is 8.25. The van der Waals surface area contributed by atoms with E-state index in [0.717, 1.165) is 11.1 Å². The molecule has 102 valence electrons. The SMILES string of the molecule is Cc1ccc(S(=O)(=O)NCC(Br)C(C)C)c(C)c1. The molecule has 1 unspecified atom stereocenters. The molecule has 0 aliphatic carbocycles. The third kappa shape index (κ3) is 4.07. The maximum atomic E-state index is 12.2. The van der Waals surface area contributed by atoms with E-state index >= 15 is 0 Å². The summed E-state index contributed by atoms with van der Waals surface area (Å²) in [6, 6.07) is 5.35. The van der Waals surface area contributed by atoms with Crippen molar-refractivity contribution in [1.29, 1.82) is 0 Å². The summed E-state index contributed by atoms with van der Waals surface area (Å²) < 4.78 is 27.0. The van der Waals surface area contributed by atoms with Gasteiger partial charge in [-0.05, 0) is 31.4 Å². The average molecular weight is 334 g/mol. The van der Waals surface area contributed by atoms with Gasteiger partial charge in [-0.1, -0.05) is 47.5 Å². The second-order valence-electron chi connectivity index (χ2n) is 4.88. The molecule has 1 N–H and O–H groups in total. The Hall–Kier alpha value is -0.390. The Bertz CT molecular complexity index is 512. The quantitative estimate of drug-likeness (QED) is 0.842. The van der Waals surface area contributed by atoms with Gasteiger partial charge in [0.1, 0.15) is 0 Å². The van der Waals surface area contributed by atoms with Crippen LogP contribution in [0.25, 0.3) is 0 Å². The van der Waals surface area contributed by atoms with Crippen LogP contribution in [0.4, 0.5) is 0 Å². The summed E-state index contributed by atoms with van der Waals surface area (Å²) in [7, 11) is -3.42. The third-order valence-corrected chi connectivity index (χ3v) is 5.78. The second kappa shape index (κ2) is 6.17. The normalized spacial score (nSPS) is 13.9. The molecule has 0 aliphatic heterocycles. The lowest BCUT2D eigenvalue weighted by atomic mass is 10.1. The Labute approximate surface area is 118 Å². The van der Waals surface area contributed by atoms with Crippen LogP contribution in [-0.4, -0.2) is 19.8 Å². The van der Waals surface area contributed by atoms with Gasteiger partial charge in [0.05, 0.1) is 4.90 Å². The summed E-state index contributed by atoms with van der Waals surface area (Å²) in [5.74, 6) is 0.381. The Morgan fingerprint density at radius 3 is 2.39 bits per heavy atom. The first-order chi connectivity index (χ1) is 8.24. The smallest absolute Gasteiger partial charge is 0.210 e. The number of halogens is 1. The van der Waals surface area contributed by atoms with Crippen molar-refractivity contribution in [3.63, 3.8) is 0 Å². The summed E-state index contributed by atoms with van der Waals surface area (Å²) >= 11 is 3.47. The fourth-order valence-corrected chi connectivity index (χ4v) is 3.26. The van der Waals surface area contributed by atoms with Crippen LogP contribution in [0.1, 0.15) is 25.0 Å². The van der Waals surface area contributed by atoms with Gasteiger partial charge in [0, 0.05) is 11.4 Å². The molecule has 0 fully saturated rings. The van der Waals surface area contributed by atoms with Gasteiger partial charge in [-0.2, -0.15) is 0 Å². The predicted molar refractivity (Wildman–Crippen MR) is 78.7 cm³/mol. The standard InChI is InChI=1S/C13H20BrNO2S/c1-9(2)12(14)8-15-18(16,17)13-6-5-10(3)7-11(13)4/h5-7,9,12,15H,8H2,1-4H3. The molecule has 1 aromatic carbocycles. The summed E-state index contributed by atoms with van der Waals surface area (Å²) in [5, 5.41) is 0. The number of sulfonamides is 1. The summed E-state index contributed by atoms with van der Waals surface area (Å²) in [5.41, 5.74) is 1.84. The minimum Gasteiger partial charge on any atom is -0.210 e. The molecule has 0 bridgehead atoms. The molecule has 18 heavy (non-hydrogen) atoms. The van der Waals surface area contributed by atoms with E-state index in [1.807, 2.05) is 39.8 Å². The predicted octanol–water partition coefficient (Wildman–Crippen LogP) is 3.00. The maximum Gasteiger partial charge on any atom is 0.240 e. The molecule has 1 rings (SSSR count). The number of alkyl halides is 1. The van der Waals surface area contributed by atoms with Crippen molar-refractivity contribution in [2.24, 2.45) is 5.92 Å². The van der Waals surface area contributed by atoms with Crippen molar-refractivity contribution in [3.8, 4) is 0 Å². The monoisotopic (exact) mass is 333 g/mol. The largest absolute Gasteiger partial charge is 0.240 e. The van der Waals surface area contributed by atoms with Gasteiger partial charge in [0.2, 0.25) is 10.0 Å². The van der Waals surface area contributed by atoms with E-state index in [4.69, 9.17) is 0 Å². The van der Waals surface area contributed by atoms with Crippen LogP contribution >= 0.6 is 15.9 Å². The Morgan fingerprint density at radius 2 is 1.89 bits per heavy atom. The highest BCUT2D eigenvalue weighted by atomic mass is 79.9. The Balaban J connectivity index is 2.87. The topological polar surface area (TPSA) is 46.2 Å². The van der Waals surface area contributed by atoms with Crippen molar-refractivity contribution in [3.05, 3.63) is 29.3 Å². The third-order valence-electron chi connectivity index (χ3n) is 2.81. The van der Waals surface area contributed by atoms with Gasteiger partial charge < -0.3 is 0 Å². The Morgan fingerprint density at radius 1 is 1.28 bits per heavy atom. The van der Waals surface area contributed by atoms with E-state index in [1.165, 1.54) is 0 Å². The summed E-state index contributed by atoms with van der Waals surface area (Å²) in [4.78, 5) is 0.495. The van der Waals surface area contributed by atoms with E-state index in [1.54, 1.807) is 6.07 Å². The van der Waals surface area contributed by atoms with E-state index in [2.05, 4.69) is 20.7 Å². The van der Waals surface area contributed by atoms with Crippen LogP contribution in [0.5, 0.6) is 0 Å². The maximum absolute atomic E-state index is 12.2. The van der Waals surface area contributed by atoms with Crippen LogP contribution in [0.3, 0.4) is 0 Å². The van der Waals surface area contributed by atoms with Crippen LogP contribution in [0.15, 0.2) is 23.1 Å². The van der Waals surface area contributed by atoms with Gasteiger partial charge in [0.15, 0.2) is 0 Å². The van der Waals surface area contributed by atoms with Crippen LogP contribution < -0.4 is 4.72 Å². The van der Waals surface area contributed by atoms with Crippen LogP contribution in [0, 0.1) is 19.8 Å². The average Bonchev–Trinajstić information content (AvgIpc) is 2.25. The van der Waals surface area contributed by atoms with E-state index in [0.29, 0.717) is 17.4 Å². The highest BCUT2D eigenvalue weighted by molar-refractivity contribution is 9.09. The van der Waals surface area contributed by atoms with Crippen molar-refractivity contribution in [2.75, 3.05) is 6.54 Å². The molecule has 0 saturated carbocycles. The molecule has 0 radical (unpaired) electrons. The lowest BCUT2D eigenvalue weighted by Gasteiger charge is -2.15. The number of nitrogens with one attached hydrogen (secondary N) is 1. The number of aryl methyl sites for hydroxylation is 2. The number of hydrogen-bond acceptors (Lipinski definition) is 2. The molecular formula is C13H20BrNO2S. The summed E-state index contributed by atoms with van der Waals surface area (Å²) in [6.07, 6.45) is 0. The fourth-order valence-electron chi connectivity index (χ4n) is 1.60. The fraction of sp³-hybridized carbons (Fsp3) is 0.538. The molecule has 0 aliphatic rings. The molecule has 3 nitrogen and oxygen atoms in total. The number of rotatable bonds is 5. The second-order valence-corrected chi connectivity index (χ2v) is 7.79. The van der Waals surface area contributed by atoms with Crippen LogP contribution in [0.2, 0.25) is 0 Å². The van der Waals surface area contributed by atoms with Gasteiger partial charge in [-0.3, -0.25) is 0 Å². The molecule has 0 saturated heterocycles. The first-order valence-corrected chi connectivity index (χ1v) is 8.35. The number of benzene rings is 1. The zero-order valence-electron chi connectivity index (χ0n) is 11.2. The van der Waals surface area contributed by atoms with E-state index < -0.39 is 10.0 Å². The van der Waals surface area contributed by atoms with Gasteiger partial charge in [-0.15, -0.1) is 0 Å². The van der Waals surface area contributed by atoms with E-state index in [-0.39, 0.29) is 4.83 Å². The molecular weight excluding hydrogens is 314 g/mol. The molecule has 0 heterocycles. The zero-order chi connectivity index (χ0) is 13.9. The lowest BCUT2D eigenvalue weighted by Crippen LogP contribution is -2.32. The lowest BCUT2D eigenvalue weighted by molar-refractivity contribution is 0.562. The molecule has 1 atom stereocenters. The number of hydrogen-bond donors (Lipinski definition) is 1. The van der Waals surface area contributed by atoms with Crippen molar-refractivity contribution in [2.45, 2.75) is 37.4 Å². The van der Waals surface area contributed by atoms with E-state index in [9.17, 15) is 8.42 Å². The first kappa shape index (κ1) is 15.7. The minimum atomic E-state index is -3.42. The molecule has 5 heteroatoms. The van der Waals surface area contributed by atoms with Gasteiger partial charge in [0.25, 0.3) is 0 Å². The molecule has 0 amide bonds. The molecule has 1 aromatic rings. The van der Waals surface area contributed by atoms with Crippen molar-refractivity contribution < 1.29 is 8.42 Å². The highest BCUT2D eigenvalue weighted by Crippen LogP contribution is 2.17. The Kier molecular flexibility index (Phi) is 5.37. The van der Waals surface area contributed by atoms with Crippen molar-refractivity contribution in [1.82, 2.24) is 4.72 Å². The van der Waals surface area contributed by atoms with Crippen LogP contribution in [-0.2, 0) is 10.0 Å². The van der Waals surface area contributed by atoms with Gasteiger partial charge in [-0.25, -0.2) is 13.1 Å². The minimum absolute atomic E-state index is 0.137. The van der Waals surface area contributed by atoms with Gasteiger partial charge >= 0.3 is 0 Å².